The maximum Gasteiger partial charge on any atom is 0.320 e. The minimum absolute atomic E-state index is 0.110. The maximum atomic E-state index is 12.8. The number of methoxy groups -OCH3 is 1. The Bertz CT molecular complexity index is 631. The van der Waals surface area contributed by atoms with Gasteiger partial charge in [0.1, 0.15) is 11.8 Å². The summed E-state index contributed by atoms with van der Waals surface area (Å²) in [5.41, 5.74) is 2.21. The largest absolute Gasteiger partial charge is 0.496 e. The zero-order valence-corrected chi connectivity index (χ0v) is 13.5. The minimum atomic E-state index is -0.809. The molecule has 3 rings (SSSR count). The molecule has 0 saturated carbocycles. The lowest BCUT2D eigenvalue weighted by Gasteiger charge is -2.35. The highest BCUT2D eigenvalue weighted by molar-refractivity contribution is 5.81. The molecule has 0 radical (unpaired) electrons. The van der Waals surface area contributed by atoms with E-state index < -0.39 is 12.0 Å². The van der Waals surface area contributed by atoms with Crippen molar-refractivity contribution in [1.29, 1.82) is 0 Å². The molecule has 2 atom stereocenters. The fourth-order valence-electron chi connectivity index (χ4n) is 3.66. The van der Waals surface area contributed by atoms with Gasteiger partial charge in [0.05, 0.1) is 13.0 Å². The Balaban J connectivity index is 1.68. The van der Waals surface area contributed by atoms with Gasteiger partial charge in [-0.2, -0.15) is 0 Å². The van der Waals surface area contributed by atoms with Crippen LogP contribution in [-0.2, 0) is 22.7 Å². The summed E-state index contributed by atoms with van der Waals surface area (Å²) in [6.07, 6.45) is 1.15. The summed E-state index contributed by atoms with van der Waals surface area (Å²) in [6.45, 7) is 1.68. The molecule has 0 aliphatic carbocycles. The first-order chi connectivity index (χ1) is 11.0. The van der Waals surface area contributed by atoms with Crippen LogP contribution in [-0.4, -0.2) is 53.5 Å². The molecular weight excluding hydrogens is 296 g/mol. The van der Waals surface area contributed by atoms with Crippen molar-refractivity contribution in [3.8, 4) is 5.75 Å². The van der Waals surface area contributed by atoms with Crippen molar-refractivity contribution in [3.05, 3.63) is 29.3 Å². The Kier molecular flexibility index (Phi) is 4.26. The second-order valence-corrected chi connectivity index (χ2v) is 6.36. The van der Waals surface area contributed by atoms with E-state index in [9.17, 15) is 14.7 Å². The summed E-state index contributed by atoms with van der Waals surface area (Å²) in [5, 5.41) is 9.17. The number of hydrogen-bond acceptors (Lipinski definition) is 4. The maximum absolute atomic E-state index is 12.8. The number of fused-ring (bicyclic) bond motifs is 1. The first kappa shape index (κ1) is 15.8. The third-order valence-corrected chi connectivity index (χ3v) is 4.94. The van der Waals surface area contributed by atoms with E-state index >= 15 is 0 Å². The van der Waals surface area contributed by atoms with Gasteiger partial charge in [0, 0.05) is 25.2 Å². The van der Waals surface area contributed by atoms with Gasteiger partial charge in [-0.25, -0.2) is 0 Å². The van der Waals surface area contributed by atoms with Crippen LogP contribution < -0.4 is 4.74 Å². The van der Waals surface area contributed by atoms with Crippen LogP contribution in [0.5, 0.6) is 5.75 Å². The van der Waals surface area contributed by atoms with Crippen molar-refractivity contribution in [1.82, 2.24) is 9.80 Å². The Morgan fingerprint density at radius 1 is 1.26 bits per heavy atom. The van der Waals surface area contributed by atoms with Crippen LogP contribution in [0.1, 0.15) is 24.0 Å². The summed E-state index contributed by atoms with van der Waals surface area (Å²) in [6, 6.07) is 5.41. The van der Waals surface area contributed by atoms with Crippen LogP contribution in [0.25, 0.3) is 0 Å². The van der Waals surface area contributed by atoms with E-state index in [0.29, 0.717) is 32.5 Å². The van der Waals surface area contributed by atoms with Crippen molar-refractivity contribution in [3.63, 3.8) is 0 Å². The molecule has 1 aromatic carbocycles. The number of hydrogen-bond donors (Lipinski definition) is 1. The monoisotopic (exact) mass is 318 g/mol. The number of carboxylic acid groups (broad SMARTS) is 1. The lowest BCUT2D eigenvalue weighted by molar-refractivity contribution is -0.148. The van der Waals surface area contributed by atoms with Crippen LogP contribution in [0.2, 0.25) is 0 Å². The van der Waals surface area contributed by atoms with Crippen molar-refractivity contribution in [2.24, 2.45) is 5.92 Å². The third-order valence-electron chi connectivity index (χ3n) is 4.94. The first-order valence-electron chi connectivity index (χ1n) is 7.88. The fraction of sp³-hybridized carbons (Fsp3) is 0.529. The molecule has 1 fully saturated rings. The number of piperidine rings is 1. The van der Waals surface area contributed by atoms with Gasteiger partial charge in [0.25, 0.3) is 0 Å². The number of ether oxygens (including phenoxy) is 1. The highest BCUT2D eigenvalue weighted by Crippen LogP contribution is 2.33. The summed E-state index contributed by atoms with van der Waals surface area (Å²) >= 11 is 0. The average molecular weight is 318 g/mol. The number of amides is 1. The summed E-state index contributed by atoms with van der Waals surface area (Å²) in [5.74, 6) is -0.00364. The van der Waals surface area contributed by atoms with E-state index in [-0.39, 0.29) is 11.8 Å². The smallest absolute Gasteiger partial charge is 0.320 e. The van der Waals surface area contributed by atoms with Crippen molar-refractivity contribution in [2.75, 3.05) is 20.7 Å². The summed E-state index contributed by atoms with van der Waals surface area (Å²) in [4.78, 5) is 27.6. The van der Waals surface area contributed by atoms with E-state index in [1.54, 1.807) is 19.1 Å². The highest BCUT2D eigenvalue weighted by atomic mass is 16.5. The van der Waals surface area contributed by atoms with Crippen molar-refractivity contribution >= 4 is 11.9 Å². The lowest BCUT2D eigenvalue weighted by Crippen LogP contribution is -2.49. The molecule has 124 valence electrons. The molecule has 1 saturated heterocycles. The van der Waals surface area contributed by atoms with Gasteiger partial charge >= 0.3 is 5.97 Å². The predicted octanol–water partition coefficient (Wildman–Crippen LogP) is 1.33. The molecule has 2 unspecified atom stereocenters. The number of likely N-dealkylation sites (N-methyl/N-ethyl adjacent to an activating group) is 1. The molecule has 6 nitrogen and oxygen atoms in total. The standard InChI is InChI=1S/C17H22N2O4/c1-18-8-12(6-7-14(18)17(21)22)16(20)19-9-11-4-3-5-15(23-2)13(11)10-19/h3-5,12,14H,6-10H2,1-2H3,(H,21,22). The van der Waals surface area contributed by atoms with E-state index in [0.717, 1.165) is 16.9 Å². The molecule has 6 heteroatoms. The van der Waals surface area contributed by atoms with Crippen molar-refractivity contribution < 1.29 is 19.4 Å². The van der Waals surface area contributed by atoms with E-state index in [1.165, 1.54) is 0 Å². The number of nitrogens with zero attached hydrogens (tertiary/aromatic N) is 2. The Labute approximate surface area is 135 Å². The topological polar surface area (TPSA) is 70.1 Å². The number of benzene rings is 1. The van der Waals surface area contributed by atoms with Crippen LogP contribution >= 0.6 is 0 Å². The Hall–Kier alpha value is -2.08. The lowest BCUT2D eigenvalue weighted by atomic mass is 9.92. The molecule has 0 bridgehead atoms. The normalized spacial score (nSPS) is 24.3. The second kappa shape index (κ2) is 6.20. The SMILES string of the molecule is COc1cccc2c1CN(C(=O)C1CCC(C(=O)O)N(C)C1)C2. The molecule has 1 N–H and O–H groups in total. The van der Waals surface area contributed by atoms with Gasteiger partial charge in [0.15, 0.2) is 0 Å². The van der Waals surface area contributed by atoms with E-state index in [1.807, 2.05) is 23.1 Å². The Morgan fingerprint density at radius 3 is 2.70 bits per heavy atom. The number of likely N-dealkylation sites (tertiary alicyclic amines) is 1. The molecule has 0 aromatic heterocycles. The average Bonchev–Trinajstić information content (AvgIpc) is 2.97. The number of carboxylic acids is 1. The molecule has 0 spiro atoms. The fourth-order valence-corrected chi connectivity index (χ4v) is 3.66. The number of rotatable bonds is 3. The number of carbonyl (C=O) groups is 2. The quantitative estimate of drug-likeness (QED) is 0.910. The first-order valence-corrected chi connectivity index (χ1v) is 7.88. The zero-order chi connectivity index (χ0) is 16.6. The summed E-state index contributed by atoms with van der Waals surface area (Å²) in [7, 11) is 3.42. The van der Waals surface area contributed by atoms with Gasteiger partial charge < -0.3 is 14.7 Å². The molecule has 2 aliphatic rings. The van der Waals surface area contributed by atoms with Crippen molar-refractivity contribution in [2.45, 2.75) is 32.0 Å². The van der Waals surface area contributed by atoms with Gasteiger partial charge in [-0.3, -0.25) is 14.5 Å². The second-order valence-electron chi connectivity index (χ2n) is 6.36. The van der Waals surface area contributed by atoms with Gasteiger partial charge in [-0.05, 0) is 31.5 Å². The van der Waals surface area contributed by atoms with E-state index in [2.05, 4.69) is 0 Å². The van der Waals surface area contributed by atoms with Crippen LogP contribution in [0.3, 0.4) is 0 Å². The van der Waals surface area contributed by atoms with Crippen LogP contribution in [0.15, 0.2) is 18.2 Å². The molecule has 1 aromatic rings. The number of carbonyl (C=O) groups excluding carboxylic acids is 1. The predicted molar refractivity (Wildman–Crippen MR) is 84.0 cm³/mol. The summed E-state index contributed by atoms with van der Waals surface area (Å²) < 4.78 is 5.38. The van der Waals surface area contributed by atoms with Gasteiger partial charge in [-0.1, -0.05) is 12.1 Å². The number of aliphatic carboxylic acids is 1. The van der Waals surface area contributed by atoms with E-state index in [4.69, 9.17) is 4.74 Å². The van der Waals surface area contributed by atoms with Crippen LogP contribution in [0, 0.1) is 5.92 Å². The molecular formula is C17H22N2O4. The third kappa shape index (κ3) is 2.91. The highest BCUT2D eigenvalue weighted by Gasteiger charge is 2.37. The van der Waals surface area contributed by atoms with Gasteiger partial charge in [-0.15, -0.1) is 0 Å². The molecule has 2 aliphatic heterocycles. The minimum Gasteiger partial charge on any atom is -0.496 e. The Morgan fingerprint density at radius 2 is 2.04 bits per heavy atom. The molecule has 1 amide bonds. The molecule has 2 heterocycles. The van der Waals surface area contributed by atoms with Gasteiger partial charge in [0.2, 0.25) is 5.91 Å². The zero-order valence-electron chi connectivity index (χ0n) is 13.5. The van der Waals surface area contributed by atoms with Crippen LogP contribution in [0.4, 0.5) is 0 Å². The molecule has 23 heavy (non-hydrogen) atoms.